The van der Waals surface area contributed by atoms with Gasteiger partial charge in [-0.05, 0) is 113 Å². The largest absolute Gasteiger partial charge is 0.135 e. The van der Waals surface area contributed by atoms with Crippen LogP contribution in [0.1, 0.15) is 23.1 Å². The van der Waals surface area contributed by atoms with Gasteiger partial charge in [0, 0.05) is 31.2 Å². The summed E-state index contributed by atoms with van der Waals surface area (Å²) in [6.45, 7) is 0. The first-order valence-corrected chi connectivity index (χ1v) is 20.7. The Morgan fingerprint density at radius 3 is 1.72 bits per heavy atom. The third kappa shape index (κ3) is 4.86. The molecule has 1 aliphatic carbocycles. The van der Waals surface area contributed by atoms with E-state index in [0.717, 1.165) is 6.42 Å². The van der Waals surface area contributed by atoms with Gasteiger partial charge < -0.3 is 0 Å². The van der Waals surface area contributed by atoms with Crippen molar-refractivity contribution in [3.05, 3.63) is 222 Å². The van der Waals surface area contributed by atoms with Gasteiger partial charge in [0.1, 0.15) is 0 Å². The fourth-order valence-corrected chi connectivity index (χ4v) is 11.2. The molecule has 0 saturated heterocycles. The lowest BCUT2D eigenvalue weighted by Gasteiger charge is -2.38. The first kappa shape index (κ1) is 32.4. The minimum atomic E-state index is -0.346. The van der Waals surface area contributed by atoms with Crippen LogP contribution in [0.4, 0.5) is 0 Å². The molecular formula is C56H36S. The van der Waals surface area contributed by atoms with Crippen molar-refractivity contribution < 1.29 is 0 Å². The average Bonchev–Trinajstić information content (AvgIpc) is 3.66. The fraction of sp³-hybridized carbons (Fsp3) is 0.0357. The van der Waals surface area contributed by atoms with Gasteiger partial charge in [0.2, 0.25) is 0 Å². The number of rotatable bonds is 5. The summed E-state index contributed by atoms with van der Waals surface area (Å²) in [5.41, 5.74) is 11.2. The van der Waals surface area contributed by atoms with Crippen molar-refractivity contribution in [2.45, 2.75) is 11.8 Å². The molecule has 57 heavy (non-hydrogen) atoms. The van der Waals surface area contributed by atoms with E-state index in [4.69, 9.17) is 0 Å². The van der Waals surface area contributed by atoms with Gasteiger partial charge in [0.15, 0.2) is 0 Å². The summed E-state index contributed by atoms with van der Waals surface area (Å²) in [6, 6.07) is 74.7. The maximum atomic E-state index is 2.53. The molecule has 1 aromatic heterocycles. The van der Waals surface area contributed by atoms with Crippen LogP contribution in [-0.2, 0) is 5.41 Å². The van der Waals surface area contributed by atoms with Crippen molar-refractivity contribution >= 4 is 69.9 Å². The van der Waals surface area contributed by atoms with E-state index in [-0.39, 0.29) is 5.41 Å². The van der Waals surface area contributed by atoms with E-state index in [0.29, 0.717) is 0 Å². The normalized spacial score (nSPS) is 15.2. The zero-order valence-electron chi connectivity index (χ0n) is 31.2. The van der Waals surface area contributed by atoms with Gasteiger partial charge in [-0.15, -0.1) is 11.3 Å². The highest BCUT2D eigenvalue weighted by Crippen LogP contribution is 2.49. The van der Waals surface area contributed by atoms with Crippen LogP contribution in [0.2, 0.25) is 0 Å². The monoisotopic (exact) mass is 740 g/mol. The lowest BCUT2D eigenvalue weighted by Crippen LogP contribution is -2.33. The molecular weight excluding hydrogens is 705 g/mol. The Balaban J connectivity index is 1.07. The van der Waals surface area contributed by atoms with E-state index >= 15 is 0 Å². The molecule has 10 aromatic carbocycles. The fourth-order valence-electron chi connectivity index (χ4n) is 9.99. The predicted molar refractivity (Wildman–Crippen MR) is 245 cm³/mol. The van der Waals surface area contributed by atoms with E-state index in [9.17, 15) is 0 Å². The molecule has 0 saturated carbocycles. The molecule has 0 amide bonds. The Morgan fingerprint density at radius 1 is 0.386 bits per heavy atom. The summed E-state index contributed by atoms with van der Waals surface area (Å²) >= 11 is 1.91. The maximum absolute atomic E-state index is 2.53. The number of fused-ring (bicyclic) bond motifs is 5. The van der Waals surface area contributed by atoms with E-state index in [1.165, 1.54) is 108 Å². The second kappa shape index (κ2) is 12.6. The zero-order chi connectivity index (χ0) is 37.5. The van der Waals surface area contributed by atoms with Crippen LogP contribution in [0.3, 0.4) is 0 Å². The Kier molecular flexibility index (Phi) is 7.18. The van der Waals surface area contributed by atoms with Crippen LogP contribution in [0.25, 0.3) is 91.9 Å². The van der Waals surface area contributed by atoms with Crippen molar-refractivity contribution in [2.24, 2.45) is 0 Å². The number of hydrogen-bond acceptors (Lipinski definition) is 1. The molecule has 1 heteroatoms. The van der Waals surface area contributed by atoms with Gasteiger partial charge in [-0.3, -0.25) is 0 Å². The zero-order valence-corrected chi connectivity index (χ0v) is 32.1. The van der Waals surface area contributed by atoms with E-state index in [1.807, 2.05) is 11.3 Å². The highest BCUT2D eigenvalue weighted by Gasteiger charge is 2.39. The van der Waals surface area contributed by atoms with Gasteiger partial charge >= 0.3 is 0 Å². The second-order valence-electron chi connectivity index (χ2n) is 15.6. The molecule has 1 heterocycles. The van der Waals surface area contributed by atoms with Gasteiger partial charge in [0.05, 0.1) is 0 Å². The number of hydrogen-bond donors (Lipinski definition) is 0. The second-order valence-corrected chi connectivity index (χ2v) is 16.6. The SMILES string of the molecule is C1=c2c3cccc4cccc(c5cccc(c25)C(c2ccccc2)(c2ccc(-c5cc(-c6ccccc6)cc6c5sc5ccc(-c7ccccc7)cc56)cc2)C1)c43. The third-order valence-corrected chi connectivity index (χ3v) is 13.9. The summed E-state index contributed by atoms with van der Waals surface area (Å²) in [7, 11) is 0. The van der Waals surface area contributed by atoms with Gasteiger partial charge in [-0.1, -0.05) is 182 Å². The molecule has 0 bridgehead atoms. The third-order valence-electron chi connectivity index (χ3n) is 12.6. The maximum Gasteiger partial charge on any atom is 0.0492 e. The highest BCUT2D eigenvalue weighted by molar-refractivity contribution is 7.26. The van der Waals surface area contributed by atoms with Crippen LogP contribution in [-0.4, -0.2) is 0 Å². The summed E-state index contributed by atoms with van der Waals surface area (Å²) in [6.07, 6.45) is 3.42. The van der Waals surface area contributed by atoms with Crippen molar-refractivity contribution in [1.82, 2.24) is 0 Å². The van der Waals surface area contributed by atoms with Crippen LogP contribution < -0.4 is 5.22 Å². The van der Waals surface area contributed by atoms with E-state index < -0.39 is 0 Å². The quantitative estimate of drug-likeness (QED) is 0.122. The van der Waals surface area contributed by atoms with Crippen LogP contribution in [0, 0.1) is 0 Å². The first-order chi connectivity index (χ1) is 28.2. The van der Waals surface area contributed by atoms with Gasteiger partial charge in [-0.2, -0.15) is 0 Å². The smallest absolute Gasteiger partial charge is 0.0492 e. The highest BCUT2D eigenvalue weighted by atomic mass is 32.1. The molecule has 266 valence electrons. The summed E-state index contributed by atoms with van der Waals surface area (Å²) in [5, 5.41) is 12.1. The Hall–Kier alpha value is -6.80. The van der Waals surface area contributed by atoms with Gasteiger partial charge in [0.25, 0.3) is 0 Å². The van der Waals surface area contributed by atoms with Crippen LogP contribution in [0.5, 0.6) is 0 Å². The molecule has 0 aliphatic heterocycles. The number of benzene rings is 10. The molecule has 11 aromatic rings. The predicted octanol–water partition coefficient (Wildman–Crippen LogP) is 14.8. The molecule has 12 rings (SSSR count). The topological polar surface area (TPSA) is 0 Å². The molecule has 0 N–H and O–H groups in total. The van der Waals surface area contributed by atoms with Crippen LogP contribution >= 0.6 is 11.3 Å². The Bertz CT molecular complexity index is 3390. The first-order valence-electron chi connectivity index (χ1n) is 19.9. The lowest BCUT2D eigenvalue weighted by molar-refractivity contribution is 0.644. The molecule has 0 spiro atoms. The lowest BCUT2D eigenvalue weighted by atomic mass is 9.63. The van der Waals surface area contributed by atoms with Crippen LogP contribution in [0.15, 0.2) is 200 Å². The molecule has 0 nitrogen and oxygen atoms in total. The van der Waals surface area contributed by atoms with Crippen molar-refractivity contribution in [2.75, 3.05) is 0 Å². The van der Waals surface area contributed by atoms with E-state index in [1.54, 1.807) is 0 Å². The Morgan fingerprint density at radius 2 is 0.982 bits per heavy atom. The molecule has 1 atom stereocenters. The number of thiophene rings is 1. The standard InChI is InChI=1S/C56H36S/c1-4-13-36(14-5-1)40-27-30-52-49(33-40)50-35-41(37-15-6-2-7-16-37)34-48(55(50)57-52)38-25-28-43(29-26-38)56(42-19-8-3-9-20-42)32-31-47-45-22-11-18-39-17-10-21-44(53(39)45)46-23-12-24-51(56)54(46)47/h1-31,33-35H,32H2. The molecule has 0 radical (unpaired) electrons. The average molecular weight is 741 g/mol. The van der Waals surface area contributed by atoms with Gasteiger partial charge in [-0.25, -0.2) is 0 Å². The summed E-state index contributed by atoms with van der Waals surface area (Å²) < 4.78 is 2.64. The summed E-state index contributed by atoms with van der Waals surface area (Å²) in [5.74, 6) is 0. The van der Waals surface area contributed by atoms with Crippen molar-refractivity contribution in [3.8, 4) is 33.4 Å². The summed E-state index contributed by atoms with van der Waals surface area (Å²) in [4.78, 5) is 0. The van der Waals surface area contributed by atoms with E-state index in [2.05, 4.69) is 206 Å². The van der Waals surface area contributed by atoms with Crippen molar-refractivity contribution in [1.29, 1.82) is 0 Å². The molecule has 1 aliphatic rings. The minimum absolute atomic E-state index is 0.346. The molecule has 1 unspecified atom stereocenters. The Labute approximate surface area is 335 Å². The molecule has 0 fully saturated rings. The minimum Gasteiger partial charge on any atom is -0.135 e. The van der Waals surface area contributed by atoms with Crippen molar-refractivity contribution in [3.63, 3.8) is 0 Å².